The Balaban J connectivity index is 1.92. The minimum atomic E-state index is -0.0804. The summed E-state index contributed by atoms with van der Waals surface area (Å²) in [6, 6.07) is 2.15. The molecule has 1 saturated heterocycles. The second-order valence-corrected chi connectivity index (χ2v) is 4.94. The van der Waals surface area contributed by atoms with E-state index in [1.165, 1.54) is 6.33 Å². The highest BCUT2D eigenvalue weighted by molar-refractivity contribution is 5.36. The number of anilines is 1. The molecule has 18 heavy (non-hydrogen) atoms. The van der Waals surface area contributed by atoms with Gasteiger partial charge in [-0.1, -0.05) is 6.92 Å². The third kappa shape index (κ3) is 3.10. The van der Waals surface area contributed by atoms with Crippen LogP contribution in [0.3, 0.4) is 0 Å². The molecule has 0 spiro atoms. The monoisotopic (exact) mass is 250 g/mol. The lowest BCUT2D eigenvalue weighted by atomic mass is 9.90. The van der Waals surface area contributed by atoms with E-state index in [0.29, 0.717) is 6.04 Å². The fourth-order valence-corrected chi connectivity index (χ4v) is 2.65. The van der Waals surface area contributed by atoms with E-state index in [1.807, 2.05) is 0 Å². The summed E-state index contributed by atoms with van der Waals surface area (Å²) >= 11 is 0. The first-order valence-electron chi connectivity index (χ1n) is 6.73. The van der Waals surface area contributed by atoms with Crippen LogP contribution in [0, 0.1) is 5.92 Å². The third-order valence-corrected chi connectivity index (χ3v) is 3.76. The molecule has 0 amide bonds. The van der Waals surface area contributed by atoms with Gasteiger partial charge in [0.1, 0.15) is 5.82 Å². The summed E-state index contributed by atoms with van der Waals surface area (Å²) in [6.45, 7) is 7.39. The molecular formula is C13H22N4O. The van der Waals surface area contributed by atoms with Crippen molar-refractivity contribution in [3.63, 3.8) is 0 Å². The zero-order valence-corrected chi connectivity index (χ0v) is 11.1. The lowest BCUT2D eigenvalue weighted by molar-refractivity contribution is 0.314. The molecule has 1 atom stereocenters. The molecule has 0 radical (unpaired) electrons. The quantitative estimate of drug-likeness (QED) is 0.836. The second kappa shape index (κ2) is 6.00. The first kappa shape index (κ1) is 13.1. The Morgan fingerprint density at radius 2 is 2.28 bits per heavy atom. The summed E-state index contributed by atoms with van der Waals surface area (Å²) in [5.74, 6) is 1.52. The van der Waals surface area contributed by atoms with Gasteiger partial charge >= 0.3 is 0 Å². The Kier molecular flexibility index (Phi) is 4.36. The fraction of sp³-hybridized carbons (Fsp3) is 0.692. The zero-order valence-electron chi connectivity index (χ0n) is 11.1. The van der Waals surface area contributed by atoms with Crippen molar-refractivity contribution in [2.45, 2.75) is 32.7 Å². The van der Waals surface area contributed by atoms with E-state index in [2.05, 4.69) is 34.0 Å². The maximum atomic E-state index is 11.3. The van der Waals surface area contributed by atoms with Crippen molar-refractivity contribution in [1.29, 1.82) is 0 Å². The Hall–Kier alpha value is -1.36. The van der Waals surface area contributed by atoms with Crippen molar-refractivity contribution in [3.05, 3.63) is 22.7 Å². The molecule has 0 aromatic carbocycles. The molecule has 2 heterocycles. The average molecular weight is 250 g/mol. The number of aromatic nitrogens is 2. The van der Waals surface area contributed by atoms with Gasteiger partial charge in [-0.3, -0.25) is 4.79 Å². The van der Waals surface area contributed by atoms with Gasteiger partial charge in [0.2, 0.25) is 0 Å². The van der Waals surface area contributed by atoms with Crippen molar-refractivity contribution in [1.82, 2.24) is 15.3 Å². The van der Waals surface area contributed by atoms with E-state index in [9.17, 15) is 4.79 Å². The van der Waals surface area contributed by atoms with Gasteiger partial charge in [0, 0.05) is 25.2 Å². The first-order valence-corrected chi connectivity index (χ1v) is 6.73. The number of hydrogen-bond donors (Lipinski definition) is 2. The van der Waals surface area contributed by atoms with E-state index in [1.54, 1.807) is 6.07 Å². The number of piperidine rings is 1. The van der Waals surface area contributed by atoms with Crippen LogP contribution in [0.4, 0.5) is 5.82 Å². The molecule has 0 bridgehead atoms. The average Bonchev–Trinajstić information content (AvgIpc) is 2.39. The first-order chi connectivity index (χ1) is 8.70. The molecule has 1 aliphatic heterocycles. The van der Waals surface area contributed by atoms with Gasteiger partial charge in [0.05, 0.1) is 6.33 Å². The number of nitrogens with one attached hydrogen (secondary N) is 2. The number of aromatic amines is 1. The maximum Gasteiger partial charge on any atom is 0.252 e. The Labute approximate surface area is 108 Å². The third-order valence-electron chi connectivity index (χ3n) is 3.76. The van der Waals surface area contributed by atoms with Gasteiger partial charge in [-0.25, -0.2) is 4.98 Å². The van der Waals surface area contributed by atoms with Crippen molar-refractivity contribution in [3.8, 4) is 0 Å². The Morgan fingerprint density at radius 1 is 1.56 bits per heavy atom. The minimum absolute atomic E-state index is 0.0804. The summed E-state index contributed by atoms with van der Waals surface area (Å²) < 4.78 is 0. The van der Waals surface area contributed by atoms with E-state index in [-0.39, 0.29) is 5.56 Å². The molecule has 1 fully saturated rings. The normalized spacial score (nSPS) is 18.9. The molecule has 2 rings (SSSR count). The maximum absolute atomic E-state index is 11.3. The molecule has 0 aliphatic carbocycles. The van der Waals surface area contributed by atoms with Gasteiger partial charge in [-0.2, -0.15) is 0 Å². The lowest BCUT2D eigenvalue weighted by Gasteiger charge is -2.35. The molecule has 5 nitrogen and oxygen atoms in total. The van der Waals surface area contributed by atoms with Crippen LogP contribution in [0.15, 0.2) is 17.2 Å². The smallest absolute Gasteiger partial charge is 0.252 e. The summed E-state index contributed by atoms with van der Waals surface area (Å²) in [5, 5.41) is 3.49. The molecular weight excluding hydrogens is 228 g/mol. The summed E-state index contributed by atoms with van der Waals surface area (Å²) in [7, 11) is 0. The van der Waals surface area contributed by atoms with Gasteiger partial charge < -0.3 is 15.2 Å². The van der Waals surface area contributed by atoms with Gasteiger partial charge in [0.25, 0.3) is 5.56 Å². The van der Waals surface area contributed by atoms with Crippen molar-refractivity contribution in [2.24, 2.45) is 5.92 Å². The van der Waals surface area contributed by atoms with Crippen molar-refractivity contribution < 1.29 is 0 Å². The van der Waals surface area contributed by atoms with E-state index < -0.39 is 0 Å². The second-order valence-electron chi connectivity index (χ2n) is 4.94. The van der Waals surface area contributed by atoms with Crippen LogP contribution in [0.2, 0.25) is 0 Å². The van der Waals surface area contributed by atoms with Crippen LogP contribution in [0.5, 0.6) is 0 Å². The molecule has 1 aliphatic rings. The van der Waals surface area contributed by atoms with Gasteiger partial charge in [-0.05, 0) is 32.2 Å². The summed E-state index contributed by atoms with van der Waals surface area (Å²) in [5.41, 5.74) is -0.0804. The van der Waals surface area contributed by atoms with E-state index in [0.717, 1.165) is 44.2 Å². The highest BCUT2D eigenvalue weighted by atomic mass is 16.1. The van der Waals surface area contributed by atoms with Crippen LogP contribution in [0.25, 0.3) is 0 Å². The van der Waals surface area contributed by atoms with Gasteiger partial charge in [-0.15, -0.1) is 0 Å². The largest absolute Gasteiger partial charge is 0.356 e. The van der Waals surface area contributed by atoms with E-state index >= 15 is 0 Å². The molecule has 0 saturated carbocycles. The van der Waals surface area contributed by atoms with Crippen LogP contribution in [0.1, 0.15) is 26.7 Å². The van der Waals surface area contributed by atoms with Crippen LogP contribution in [-0.2, 0) is 0 Å². The highest BCUT2D eigenvalue weighted by Gasteiger charge is 2.23. The number of hydrogen-bond acceptors (Lipinski definition) is 4. The predicted octanol–water partition coefficient (Wildman–Crippen LogP) is 0.984. The molecule has 5 heteroatoms. The highest BCUT2D eigenvalue weighted by Crippen LogP contribution is 2.23. The van der Waals surface area contributed by atoms with E-state index in [4.69, 9.17) is 0 Å². The van der Waals surface area contributed by atoms with Crippen molar-refractivity contribution in [2.75, 3.05) is 24.5 Å². The molecule has 100 valence electrons. The predicted molar refractivity (Wildman–Crippen MR) is 72.9 cm³/mol. The van der Waals surface area contributed by atoms with Crippen LogP contribution in [-0.4, -0.2) is 35.6 Å². The summed E-state index contributed by atoms with van der Waals surface area (Å²) in [4.78, 5) is 20.2. The number of H-pyrrole nitrogens is 1. The van der Waals surface area contributed by atoms with Crippen LogP contribution >= 0.6 is 0 Å². The molecule has 1 unspecified atom stereocenters. The Morgan fingerprint density at radius 3 is 2.89 bits per heavy atom. The van der Waals surface area contributed by atoms with Crippen molar-refractivity contribution >= 4 is 5.82 Å². The number of rotatable bonds is 4. The SMILES string of the molecule is CCNC(C)C1CCN(c2cc(=O)[nH]cn2)CC1. The molecule has 1 aromatic heterocycles. The standard InChI is InChI=1S/C13H22N4O/c1-3-14-10(2)11-4-6-17(7-5-11)12-8-13(18)16-9-15-12/h8-11,14H,3-7H2,1-2H3,(H,15,16,18). The molecule has 2 N–H and O–H groups in total. The topological polar surface area (TPSA) is 61.0 Å². The number of nitrogens with zero attached hydrogens (tertiary/aromatic N) is 2. The lowest BCUT2D eigenvalue weighted by Crippen LogP contribution is -2.42. The molecule has 1 aromatic rings. The summed E-state index contributed by atoms with van der Waals surface area (Å²) in [6.07, 6.45) is 3.79. The van der Waals surface area contributed by atoms with Gasteiger partial charge in [0.15, 0.2) is 0 Å². The fourth-order valence-electron chi connectivity index (χ4n) is 2.65. The van der Waals surface area contributed by atoms with Crippen LogP contribution < -0.4 is 15.8 Å². The minimum Gasteiger partial charge on any atom is -0.356 e. The zero-order chi connectivity index (χ0) is 13.0. The Bertz CT molecular complexity index is 423.